The molecular weight excluding hydrogens is 294 g/mol. The first-order chi connectivity index (χ1) is 8.68. The van der Waals surface area contributed by atoms with Gasteiger partial charge in [0.15, 0.2) is 0 Å². The molecule has 0 unspecified atom stereocenters. The highest BCUT2D eigenvalue weighted by Crippen LogP contribution is 2.48. The number of hydrogen-bond acceptors (Lipinski definition) is 2. The fourth-order valence-electron chi connectivity index (χ4n) is 2.60. The molecular formula is C14H18BrNO2. The number of nitro groups is 1. The molecule has 98 valence electrons. The maximum atomic E-state index is 11.2. The van der Waals surface area contributed by atoms with Crippen LogP contribution >= 0.6 is 15.9 Å². The average Bonchev–Trinajstić information content (AvgIpc) is 3.10. The molecule has 0 spiro atoms. The second kappa shape index (κ2) is 5.39. The summed E-state index contributed by atoms with van der Waals surface area (Å²) >= 11 is 3.43. The number of aryl methyl sites for hydroxylation is 1. The van der Waals surface area contributed by atoms with Gasteiger partial charge in [0, 0.05) is 5.56 Å². The molecule has 4 heteroatoms. The maximum absolute atomic E-state index is 11.2. The van der Waals surface area contributed by atoms with Crippen LogP contribution in [0.2, 0.25) is 0 Å². The summed E-state index contributed by atoms with van der Waals surface area (Å²) in [5.41, 5.74) is 3.65. The Morgan fingerprint density at radius 2 is 2.00 bits per heavy atom. The minimum absolute atomic E-state index is 0.222. The standard InChI is InChI=1S/C12H12BrNO2.C2H6/c13-11-10(7-4-5-7)6-8-2-1-3-9(8)12(11)14(15)16;1-2/h6-7H,1-5H2;1-2H3. The highest BCUT2D eigenvalue weighted by atomic mass is 79.9. The molecule has 0 aliphatic heterocycles. The molecule has 18 heavy (non-hydrogen) atoms. The zero-order valence-electron chi connectivity index (χ0n) is 10.8. The lowest BCUT2D eigenvalue weighted by atomic mass is 10.0. The number of hydrogen-bond donors (Lipinski definition) is 0. The van der Waals surface area contributed by atoms with Crippen molar-refractivity contribution in [1.29, 1.82) is 0 Å². The molecule has 2 aliphatic rings. The third kappa shape index (κ3) is 2.30. The number of nitrogens with zero attached hydrogens (tertiary/aromatic N) is 1. The maximum Gasteiger partial charge on any atom is 0.287 e. The molecule has 0 bridgehead atoms. The van der Waals surface area contributed by atoms with Crippen LogP contribution in [0.4, 0.5) is 5.69 Å². The Morgan fingerprint density at radius 3 is 2.56 bits per heavy atom. The van der Waals surface area contributed by atoms with Crippen LogP contribution in [0.25, 0.3) is 0 Å². The number of fused-ring (bicyclic) bond motifs is 1. The van der Waals surface area contributed by atoms with Crippen molar-refractivity contribution in [1.82, 2.24) is 0 Å². The highest BCUT2D eigenvalue weighted by molar-refractivity contribution is 9.10. The van der Waals surface area contributed by atoms with Gasteiger partial charge in [0.1, 0.15) is 0 Å². The minimum atomic E-state index is -0.222. The van der Waals surface area contributed by atoms with Crippen molar-refractivity contribution in [3.05, 3.63) is 37.3 Å². The van der Waals surface area contributed by atoms with Gasteiger partial charge in [-0.15, -0.1) is 0 Å². The quantitative estimate of drug-likeness (QED) is 0.584. The van der Waals surface area contributed by atoms with E-state index in [2.05, 4.69) is 22.0 Å². The van der Waals surface area contributed by atoms with Crippen molar-refractivity contribution in [2.75, 3.05) is 0 Å². The van der Waals surface area contributed by atoms with Crippen molar-refractivity contribution in [2.24, 2.45) is 0 Å². The predicted molar refractivity (Wildman–Crippen MR) is 76.1 cm³/mol. The van der Waals surface area contributed by atoms with Gasteiger partial charge in [-0.2, -0.15) is 0 Å². The molecule has 0 aromatic heterocycles. The van der Waals surface area contributed by atoms with E-state index in [1.165, 1.54) is 18.4 Å². The van der Waals surface area contributed by atoms with E-state index in [1.807, 2.05) is 13.8 Å². The first kappa shape index (κ1) is 13.5. The van der Waals surface area contributed by atoms with Crippen LogP contribution < -0.4 is 0 Å². The summed E-state index contributed by atoms with van der Waals surface area (Å²) in [7, 11) is 0. The van der Waals surface area contributed by atoms with E-state index in [0.717, 1.165) is 34.9 Å². The molecule has 1 aromatic rings. The van der Waals surface area contributed by atoms with E-state index in [9.17, 15) is 10.1 Å². The zero-order chi connectivity index (χ0) is 13.3. The Bertz CT molecular complexity index is 481. The van der Waals surface area contributed by atoms with Gasteiger partial charge >= 0.3 is 0 Å². The lowest BCUT2D eigenvalue weighted by Gasteiger charge is -2.08. The second-order valence-corrected chi connectivity index (χ2v) is 5.44. The molecule has 0 saturated heterocycles. The normalized spacial score (nSPS) is 16.8. The third-order valence-electron chi connectivity index (χ3n) is 3.54. The zero-order valence-corrected chi connectivity index (χ0v) is 12.4. The summed E-state index contributed by atoms with van der Waals surface area (Å²) in [4.78, 5) is 10.9. The van der Waals surface area contributed by atoms with E-state index in [-0.39, 0.29) is 4.92 Å². The third-order valence-corrected chi connectivity index (χ3v) is 4.37. The lowest BCUT2D eigenvalue weighted by molar-refractivity contribution is -0.386. The molecule has 0 N–H and O–H groups in total. The Labute approximate surface area is 116 Å². The van der Waals surface area contributed by atoms with Gasteiger partial charge in [-0.25, -0.2) is 0 Å². The molecule has 1 saturated carbocycles. The fourth-order valence-corrected chi connectivity index (χ4v) is 3.42. The van der Waals surface area contributed by atoms with Crippen LogP contribution in [0, 0.1) is 10.1 Å². The molecule has 3 nitrogen and oxygen atoms in total. The van der Waals surface area contributed by atoms with E-state index < -0.39 is 0 Å². The molecule has 0 heterocycles. The van der Waals surface area contributed by atoms with Gasteiger partial charge in [-0.1, -0.05) is 19.9 Å². The Hall–Kier alpha value is -0.900. The summed E-state index contributed by atoms with van der Waals surface area (Å²) in [6, 6.07) is 2.19. The Kier molecular flexibility index (Phi) is 4.05. The Morgan fingerprint density at radius 1 is 1.33 bits per heavy atom. The molecule has 1 aromatic carbocycles. The summed E-state index contributed by atoms with van der Waals surface area (Å²) in [6.45, 7) is 4.00. The number of benzene rings is 1. The van der Waals surface area contributed by atoms with Crippen LogP contribution in [0.5, 0.6) is 0 Å². The van der Waals surface area contributed by atoms with E-state index in [0.29, 0.717) is 11.6 Å². The van der Waals surface area contributed by atoms with E-state index in [1.54, 1.807) is 0 Å². The van der Waals surface area contributed by atoms with Crippen LogP contribution in [0.1, 0.15) is 55.7 Å². The summed E-state index contributed by atoms with van der Waals surface area (Å²) in [5.74, 6) is 0.555. The van der Waals surface area contributed by atoms with Gasteiger partial charge < -0.3 is 0 Å². The minimum Gasteiger partial charge on any atom is -0.258 e. The van der Waals surface area contributed by atoms with Crippen LogP contribution in [-0.2, 0) is 12.8 Å². The van der Waals surface area contributed by atoms with Gasteiger partial charge in [-0.3, -0.25) is 10.1 Å². The molecule has 0 atom stereocenters. The van der Waals surface area contributed by atoms with Crippen molar-refractivity contribution in [2.45, 2.75) is 51.9 Å². The fraction of sp³-hybridized carbons (Fsp3) is 0.571. The van der Waals surface area contributed by atoms with Crippen molar-refractivity contribution in [3.63, 3.8) is 0 Å². The second-order valence-electron chi connectivity index (χ2n) is 4.65. The molecule has 0 amide bonds. The molecule has 0 radical (unpaired) electrons. The number of halogens is 1. The topological polar surface area (TPSA) is 43.1 Å². The van der Waals surface area contributed by atoms with Crippen LogP contribution in [0.3, 0.4) is 0 Å². The van der Waals surface area contributed by atoms with E-state index >= 15 is 0 Å². The summed E-state index contributed by atoms with van der Waals surface area (Å²) < 4.78 is 0.737. The number of rotatable bonds is 2. The smallest absolute Gasteiger partial charge is 0.258 e. The van der Waals surface area contributed by atoms with Crippen molar-refractivity contribution >= 4 is 21.6 Å². The largest absolute Gasteiger partial charge is 0.287 e. The summed E-state index contributed by atoms with van der Waals surface area (Å²) in [6.07, 6.45) is 5.26. The SMILES string of the molecule is CC.O=[N+]([O-])c1c(Br)c(C2CC2)cc2c1CCC2. The van der Waals surface area contributed by atoms with Crippen LogP contribution in [-0.4, -0.2) is 4.92 Å². The first-order valence-electron chi connectivity index (χ1n) is 6.67. The van der Waals surface area contributed by atoms with Gasteiger partial charge in [0.2, 0.25) is 0 Å². The van der Waals surface area contributed by atoms with E-state index in [4.69, 9.17) is 0 Å². The van der Waals surface area contributed by atoms with Crippen molar-refractivity contribution in [3.8, 4) is 0 Å². The highest BCUT2D eigenvalue weighted by Gasteiger charge is 2.33. The van der Waals surface area contributed by atoms with Crippen LogP contribution in [0.15, 0.2) is 10.5 Å². The lowest BCUT2D eigenvalue weighted by Crippen LogP contribution is -1.99. The Balaban J connectivity index is 0.000000574. The summed E-state index contributed by atoms with van der Waals surface area (Å²) in [5, 5.41) is 11.2. The van der Waals surface area contributed by atoms with Gasteiger partial charge in [-0.05, 0) is 65.1 Å². The van der Waals surface area contributed by atoms with Gasteiger partial charge in [0.05, 0.1) is 9.40 Å². The van der Waals surface area contributed by atoms with Crippen molar-refractivity contribution < 1.29 is 4.92 Å². The van der Waals surface area contributed by atoms with Gasteiger partial charge in [0.25, 0.3) is 5.69 Å². The number of nitro benzene ring substituents is 1. The average molecular weight is 312 g/mol. The predicted octanol–water partition coefficient (Wildman–Crippen LogP) is 4.75. The monoisotopic (exact) mass is 311 g/mol. The molecule has 2 aliphatic carbocycles. The molecule has 3 rings (SSSR count). The first-order valence-corrected chi connectivity index (χ1v) is 7.46. The molecule has 1 fully saturated rings.